The average Bonchev–Trinajstić information content (AvgIpc) is 3.27. The van der Waals surface area contributed by atoms with Crippen molar-refractivity contribution in [1.82, 2.24) is 10.5 Å². The van der Waals surface area contributed by atoms with Crippen molar-refractivity contribution in [2.24, 2.45) is 0 Å². The highest BCUT2D eigenvalue weighted by atomic mass is 35.5. The first-order valence-corrected chi connectivity index (χ1v) is 12.5. The molecule has 4 rings (SSSR count). The van der Waals surface area contributed by atoms with Gasteiger partial charge in [0.05, 0.1) is 0 Å². The maximum Gasteiger partial charge on any atom is 0.412 e. The summed E-state index contributed by atoms with van der Waals surface area (Å²) in [6.07, 6.45) is -0.716. The molecule has 2 atom stereocenters. The third-order valence-corrected chi connectivity index (χ3v) is 6.31. The average molecular weight is 534 g/mol. The molecular formula is C29H28ClN3O5. The zero-order valence-electron chi connectivity index (χ0n) is 21.0. The zero-order chi connectivity index (χ0) is 27.1. The Morgan fingerprint density at radius 2 is 1.66 bits per heavy atom. The minimum Gasteiger partial charge on any atom is -0.480 e. The topological polar surface area (TPSA) is 114 Å². The lowest BCUT2D eigenvalue weighted by Crippen LogP contribution is -2.38. The number of hydrogen-bond donors (Lipinski definition) is 3. The molecule has 4 aromatic rings. The van der Waals surface area contributed by atoms with E-state index in [0.717, 1.165) is 16.7 Å². The number of carbonyl (C=O) groups is 2. The molecule has 0 saturated carbocycles. The van der Waals surface area contributed by atoms with Crippen LogP contribution in [0.15, 0.2) is 83.4 Å². The van der Waals surface area contributed by atoms with Crippen LogP contribution in [0.3, 0.4) is 0 Å². The summed E-state index contributed by atoms with van der Waals surface area (Å²) in [7, 11) is 0. The molecule has 1 unspecified atom stereocenters. The Hall–Kier alpha value is -4.14. The smallest absolute Gasteiger partial charge is 0.412 e. The number of carbonyl (C=O) groups excluding carboxylic acids is 1. The second kappa shape index (κ2) is 12.4. The summed E-state index contributed by atoms with van der Waals surface area (Å²) in [5, 5.41) is 20.1. The Morgan fingerprint density at radius 3 is 2.32 bits per heavy atom. The quantitative estimate of drug-likeness (QED) is 0.216. The van der Waals surface area contributed by atoms with Crippen molar-refractivity contribution in [2.45, 2.75) is 39.0 Å². The van der Waals surface area contributed by atoms with Gasteiger partial charge in [-0.25, -0.2) is 4.79 Å². The fourth-order valence-corrected chi connectivity index (χ4v) is 4.04. The van der Waals surface area contributed by atoms with Crippen molar-refractivity contribution in [3.05, 3.63) is 106 Å². The van der Waals surface area contributed by atoms with Gasteiger partial charge >= 0.3 is 12.1 Å². The summed E-state index contributed by atoms with van der Waals surface area (Å²) < 4.78 is 11.0. The summed E-state index contributed by atoms with van der Waals surface area (Å²) in [5.41, 5.74) is 4.29. The standard InChI is InChI=1S/C29H28ClN3O5/c1-18-26(32-29(36)37-19(2)22-6-4-3-5-7-22)27(38-33-18)23-12-8-21(9-13-23)17-31-25(28(34)35)16-20-10-14-24(30)15-11-20/h3-15,19,25,31H,16-17H2,1-2H3,(H,32,36)(H,34,35)/t19?,25-/m1/s1. The molecule has 0 aliphatic heterocycles. The molecule has 0 fully saturated rings. The normalized spacial score (nSPS) is 12.5. The van der Waals surface area contributed by atoms with Crippen LogP contribution >= 0.6 is 11.6 Å². The first kappa shape index (κ1) is 26.9. The molecule has 0 aliphatic carbocycles. The molecule has 0 radical (unpaired) electrons. The second-order valence-corrected chi connectivity index (χ2v) is 9.29. The van der Waals surface area contributed by atoms with Gasteiger partial charge in [0.2, 0.25) is 0 Å². The number of benzene rings is 3. The number of aryl methyl sites for hydroxylation is 1. The number of rotatable bonds is 10. The van der Waals surface area contributed by atoms with Crippen molar-refractivity contribution in [3.8, 4) is 11.3 Å². The number of carboxylic acid groups (broad SMARTS) is 1. The Balaban J connectivity index is 1.38. The van der Waals surface area contributed by atoms with Crippen molar-refractivity contribution in [1.29, 1.82) is 0 Å². The summed E-state index contributed by atoms with van der Waals surface area (Å²) in [5.74, 6) is -0.532. The number of carboxylic acids is 1. The number of aliphatic carboxylic acids is 1. The molecule has 0 spiro atoms. The van der Waals surface area contributed by atoms with E-state index in [4.69, 9.17) is 20.9 Å². The van der Waals surface area contributed by atoms with E-state index in [2.05, 4.69) is 15.8 Å². The van der Waals surface area contributed by atoms with Gasteiger partial charge in [-0.2, -0.15) is 0 Å². The molecule has 38 heavy (non-hydrogen) atoms. The number of aromatic nitrogens is 1. The van der Waals surface area contributed by atoms with E-state index in [0.29, 0.717) is 40.7 Å². The molecular weight excluding hydrogens is 506 g/mol. The van der Waals surface area contributed by atoms with Crippen LogP contribution in [0.5, 0.6) is 0 Å². The van der Waals surface area contributed by atoms with Gasteiger partial charge in [0, 0.05) is 17.1 Å². The van der Waals surface area contributed by atoms with Gasteiger partial charge in [0.15, 0.2) is 5.76 Å². The van der Waals surface area contributed by atoms with Crippen LogP contribution in [0.2, 0.25) is 5.02 Å². The number of ether oxygens (including phenoxy) is 1. The maximum absolute atomic E-state index is 12.6. The monoisotopic (exact) mass is 533 g/mol. The first-order valence-electron chi connectivity index (χ1n) is 12.1. The molecule has 0 bridgehead atoms. The molecule has 1 heterocycles. The molecule has 0 aliphatic rings. The van der Waals surface area contributed by atoms with E-state index in [1.807, 2.05) is 66.7 Å². The maximum atomic E-state index is 12.6. The predicted octanol–water partition coefficient (Wildman–Crippen LogP) is 6.40. The first-order chi connectivity index (χ1) is 18.3. The second-order valence-electron chi connectivity index (χ2n) is 8.85. The largest absolute Gasteiger partial charge is 0.480 e. The van der Waals surface area contributed by atoms with E-state index in [9.17, 15) is 14.7 Å². The Morgan fingerprint density at radius 1 is 1.00 bits per heavy atom. The van der Waals surface area contributed by atoms with Crippen molar-refractivity contribution >= 4 is 29.4 Å². The number of anilines is 1. The van der Waals surface area contributed by atoms with Crippen LogP contribution in [0.25, 0.3) is 11.3 Å². The van der Waals surface area contributed by atoms with Crippen LogP contribution in [0.4, 0.5) is 10.5 Å². The Kier molecular flexibility index (Phi) is 8.78. The van der Waals surface area contributed by atoms with Gasteiger partial charge in [-0.05, 0) is 49.1 Å². The van der Waals surface area contributed by atoms with E-state index < -0.39 is 24.2 Å². The summed E-state index contributed by atoms with van der Waals surface area (Å²) in [6.45, 7) is 3.89. The van der Waals surface area contributed by atoms with Crippen molar-refractivity contribution in [3.63, 3.8) is 0 Å². The van der Waals surface area contributed by atoms with Gasteiger partial charge in [0.25, 0.3) is 0 Å². The van der Waals surface area contributed by atoms with Crippen molar-refractivity contribution in [2.75, 3.05) is 5.32 Å². The number of hydrogen-bond acceptors (Lipinski definition) is 6. The lowest BCUT2D eigenvalue weighted by molar-refractivity contribution is -0.139. The fourth-order valence-electron chi connectivity index (χ4n) is 3.92. The molecule has 1 aromatic heterocycles. The van der Waals surface area contributed by atoms with E-state index in [-0.39, 0.29) is 0 Å². The lowest BCUT2D eigenvalue weighted by atomic mass is 10.0. The highest BCUT2D eigenvalue weighted by Gasteiger charge is 2.21. The minimum absolute atomic E-state index is 0.329. The molecule has 0 saturated heterocycles. The zero-order valence-corrected chi connectivity index (χ0v) is 21.7. The van der Waals surface area contributed by atoms with E-state index >= 15 is 0 Å². The van der Waals surface area contributed by atoms with Crippen LogP contribution < -0.4 is 10.6 Å². The SMILES string of the molecule is Cc1noc(-c2ccc(CN[C@H](Cc3ccc(Cl)cc3)C(=O)O)cc2)c1NC(=O)OC(C)c1ccccc1. The van der Waals surface area contributed by atoms with Crippen LogP contribution in [0, 0.1) is 6.92 Å². The predicted molar refractivity (Wildman–Crippen MR) is 145 cm³/mol. The summed E-state index contributed by atoms with van der Waals surface area (Å²) in [6, 6.07) is 23.2. The number of nitrogens with zero attached hydrogens (tertiary/aromatic N) is 1. The van der Waals surface area contributed by atoms with Gasteiger partial charge in [-0.1, -0.05) is 83.5 Å². The van der Waals surface area contributed by atoms with Crippen molar-refractivity contribution < 1.29 is 24.0 Å². The minimum atomic E-state index is -0.933. The molecule has 1 amide bonds. The van der Waals surface area contributed by atoms with Gasteiger partial charge in [0.1, 0.15) is 23.5 Å². The third-order valence-electron chi connectivity index (χ3n) is 6.06. The number of halogens is 1. The van der Waals surface area contributed by atoms with Crippen LogP contribution in [0.1, 0.15) is 35.4 Å². The molecule has 3 aromatic carbocycles. The molecule has 9 heteroatoms. The summed E-state index contributed by atoms with van der Waals surface area (Å²) >= 11 is 5.92. The van der Waals surface area contributed by atoms with Crippen LogP contribution in [-0.4, -0.2) is 28.4 Å². The highest BCUT2D eigenvalue weighted by Crippen LogP contribution is 2.31. The summed E-state index contributed by atoms with van der Waals surface area (Å²) in [4.78, 5) is 24.3. The number of nitrogens with one attached hydrogen (secondary N) is 2. The van der Waals surface area contributed by atoms with Crippen LogP contribution in [-0.2, 0) is 22.5 Å². The Bertz CT molecular complexity index is 1370. The Labute approximate surface area is 225 Å². The van der Waals surface area contributed by atoms with E-state index in [1.165, 1.54) is 0 Å². The fraction of sp³-hybridized carbons (Fsp3) is 0.207. The molecule has 8 nitrogen and oxygen atoms in total. The van der Waals surface area contributed by atoms with Gasteiger partial charge in [-0.3, -0.25) is 10.1 Å². The number of amides is 1. The third kappa shape index (κ3) is 7.00. The van der Waals surface area contributed by atoms with Gasteiger partial charge in [-0.15, -0.1) is 0 Å². The highest BCUT2D eigenvalue weighted by molar-refractivity contribution is 6.30. The van der Waals surface area contributed by atoms with Gasteiger partial charge < -0.3 is 19.7 Å². The molecule has 196 valence electrons. The molecule has 3 N–H and O–H groups in total. The lowest BCUT2D eigenvalue weighted by Gasteiger charge is -2.15. The van der Waals surface area contributed by atoms with E-state index in [1.54, 1.807) is 26.0 Å².